The van der Waals surface area contributed by atoms with Gasteiger partial charge in [0.25, 0.3) is 0 Å². The molecule has 0 aliphatic rings. The van der Waals surface area contributed by atoms with Gasteiger partial charge in [0.05, 0.1) is 17.1 Å². The number of carbonyl (C=O) groups is 1. The molecule has 3 rings (SSSR count). The maximum atomic E-state index is 11.6. The number of benzene rings is 2. The number of halogens is 1. The lowest BCUT2D eigenvalue weighted by Crippen LogP contribution is -2.09. The van der Waals surface area contributed by atoms with Crippen molar-refractivity contribution in [3.05, 3.63) is 53.2 Å². The van der Waals surface area contributed by atoms with Gasteiger partial charge in [-0.2, -0.15) is 0 Å². The summed E-state index contributed by atoms with van der Waals surface area (Å²) in [4.78, 5) is 11.6. The van der Waals surface area contributed by atoms with E-state index in [1.54, 1.807) is 13.0 Å². The van der Waals surface area contributed by atoms with Crippen molar-refractivity contribution in [3.8, 4) is 16.9 Å². The van der Waals surface area contributed by atoms with Gasteiger partial charge in [0.1, 0.15) is 5.75 Å². The van der Waals surface area contributed by atoms with Crippen LogP contribution in [0.25, 0.3) is 22.0 Å². The molecule has 118 valence electrons. The summed E-state index contributed by atoms with van der Waals surface area (Å²) < 4.78 is 6.76. The van der Waals surface area contributed by atoms with Gasteiger partial charge >= 0.3 is 6.09 Å². The van der Waals surface area contributed by atoms with Gasteiger partial charge in [-0.05, 0) is 37.6 Å². The second kappa shape index (κ2) is 5.97. The summed E-state index contributed by atoms with van der Waals surface area (Å²) in [6, 6.07) is 13.0. The van der Waals surface area contributed by atoms with Crippen LogP contribution in [0.2, 0.25) is 5.02 Å². The largest absolute Gasteiger partial charge is 0.492 e. The van der Waals surface area contributed by atoms with Crippen molar-refractivity contribution in [2.75, 3.05) is 6.61 Å². The van der Waals surface area contributed by atoms with Crippen LogP contribution < -0.4 is 4.74 Å². The van der Waals surface area contributed by atoms with E-state index in [0.717, 1.165) is 16.5 Å². The van der Waals surface area contributed by atoms with Crippen LogP contribution in [-0.2, 0) is 0 Å². The molecular formula is C18H16ClNO3. The second-order valence-electron chi connectivity index (χ2n) is 5.17. The molecule has 1 heterocycles. The van der Waals surface area contributed by atoms with Crippen molar-refractivity contribution in [2.24, 2.45) is 0 Å². The number of para-hydroxylation sites is 1. The summed E-state index contributed by atoms with van der Waals surface area (Å²) in [5.74, 6) is 0.623. The van der Waals surface area contributed by atoms with Crippen molar-refractivity contribution in [2.45, 2.75) is 13.8 Å². The van der Waals surface area contributed by atoms with E-state index in [1.165, 1.54) is 4.57 Å². The van der Waals surface area contributed by atoms with E-state index >= 15 is 0 Å². The van der Waals surface area contributed by atoms with E-state index in [4.69, 9.17) is 16.3 Å². The zero-order valence-electron chi connectivity index (χ0n) is 12.8. The van der Waals surface area contributed by atoms with E-state index < -0.39 is 6.09 Å². The van der Waals surface area contributed by atoms with Crippen LogP contribution in [0.5, 0.6) is 5.75 Å². The van der Waals surface area contributed by atoms with E-state index in [9.17, 15) is 9.90 Å². The molecule has 0 amide bonds. The summed E-state index contributed by atoms with van der Waals surface area (Å²) in [6.07, 6.45) is -0.998. The summed E-state index contributed by atoms with van der Waals surface area (Å²) in [7, 11) is 0. The maximum Gasteiger partial charge on any atom is 0.416 e. The SMILES string of the molecule is CCOc1ccc(-c2c(C)n(C(=O)O)c3ccccc23)cc1Cl. The molecule has 0 radical (unpaired) electrons. The minimum atomic E-state index is -0.998. The summed E-state index contributed by atoms with van der Waals surface area (Å²) in [6.45, 7) is 4.24. The molecule has 0 aliphatic carbocycles. The first-order chi connectivity index (χ1) is 11.0. The van der Waals surface area contributed by atoms with E-state index in [2.05, 4.69) is 0 Å². The highest BCUT2D eigenvalue weighted by Gasteiger charge is 2.19. The summed E-state index contributed by atoms with van der Waals surface area (Å²) in [5.41, 5.74) is 3.07. The van der Waals surface area contributed by atoms with Crippen molar-refractivity contribution in [3.63, 3.8) is 0 Å². The Bertz CT molecular complexity index is 899. The smallest absolute Gasteiger partial charge is 0.416 e. The fraction of sp³-hybridized carbons (Fsp3) is 0.167. The summed E-state index contributed by atoms with van der Waals surface area (Å²) in [5, 5.41) is 10.9. The number of hydrogen-bond acceptors (Lipinski definition) is 2. The van der Waals surface area contributed by atoms with Crippen LogP contribution in [0.1, 0.15) is 12.6 Å². The van der Waals surface area contributed by atoms with Crippen LogP contribution in [0.4, 0.5) is 4.79 Å². The molecule has 1 aromatic heterocycles. The normalized spacial score (nSPS) is 10.9. The molecule has 0 unspecified atom stereocenters. The fourth-order valence-corrected chi connectivity index (χ4v) is 3.14. The molecule has 2 aromatic carbocycles. The van der Waals surface area contributed by atoms with E-state index in [0.29, 0.717) is 28.6 Å². The Morgan fingerprint density at radius 3 is 2.65 bits per heavy atom. The molecule has 0 spiro atoms. The van der Waals surface area contributed by atoms with Crippen molar-refractivity contribution >= 4 is 28.6 Å². The second-order valence-corrected chi connectivity index (χ2v) is 5.58. The van der Waals surface area contributed by atoms with Crippen molar-refractivity contribution in [1.29, 1.82) is 0 Å². The van der Waals surface area contributed by atoms with E-state index in [1.807, 2.05) is 43.3 Å². The molecule has 5 heteroatoms. The van der Waals surface area contributed by atoms with Gasteiger partial charge in [-0.1, -0.05) is 35.9 Å². The number of rotatable bonds is 3. The van der Waals surface area contributed by atoms with Crippen LogP contribution in [-0.4, -0.2) is 22.4 Å². The molecule has 0 saturated heterocycles. The monoisotopic (exact) mass is 329 g/mol. The topological polar surface area (TPSA) is 51.5 Å². The Morgan fingerprint density at radius 1 is 1.26 bits per heavy atom. The highest BCUT2D eigenvalue weighted by Crippen LogP contribution is 2.37. The predicted molar refractivity (Wildman–Crippen MR) is 91.7 cm³/mol. The minimum absolute atomic E-state index is 0.510. The highest BCUT2D eigenvalue weighted by atomic mass is 35.5. The number of ether oxygens (including phenoxy) is 1. The van der Waals surface area contributed by atoms with Crippen molar-refractivity contribution in [1.82, 2.24) is 4.57 Å². The minimum Gasteiger partial charge on any atom is -0.492 e. The first-order valence-corrected chi connectivity index (χ1v) is 7.68. The zero-order valence-corrected chi connectivity index (χ0v) is 13.6. The van der Waals surface area contributed by atoms with Gasteiger partial charge in [-0.15, -0.1) is 0 Å². The lowest BCUT2D eigenvalue weighted by atomic mass is 10.0. The van der Waals surface area contributed by atoms with Crippen LogP contribution in [0.3, 0.4) is 0 Å². The first-order valence-electron chi connectivity index (χ1n) is 7.30. The Balaban J connectivity index is 2.26. The van der Waals surface area contributed by atoms with Crippen LogP contribution in [0, 0.1) is 6.92 Å². The van der Waals surface area contributed by atoms with Crippen molar-refractivity contribution < 1.29 is 14.6 Å². The molecule has 0 bridgehead atoms. The third-order valence-corrected chi connectivity index (χ3v) is 4.12. The molecule has 0 atom stereocenters. The first kappa shape index (κ1) is 15.4. The van der Waals surface area contributed by atoms with Crippen LogP contribution in [0.15, 0.2) is 42.5 Å². The molecule has 0 aliphatic heterocycles. The molecule has 4 nitrogen and oxygen atoms in total. The van der Waals surface area contributed by atoms with Gasteiger partial charge < -0.3 is 9.84 Å². The lowest BCUT2D eigenvalue weighted by Gasteiger charge is -2.08. The average Bonchev–Trinajstić information content (AvgIpc) is 2.81. The molecule has 3 aromatic rings. The Hall–Kier alpha value is -2.46. The summed E-state index contributed by atoms with van der Waals surface area (Å²) >= 11 is 6.28. The predicted octanol–water partition coefficient (Wildman–Crippen LogP) is 5.19. The van der Waals surface area contributed by atoms with E-state index in [-0.39, 0.29) is 0 Å². The van der Waals surface area contributed by atoms with Gasteiger partial charge in [-0.3, -0.25) is 0 Å². The highest BCUT2D eigenvalue weighted by molar-refractivity contribution is 6.32. The molecule has 0 fully saturated rings. The average molecular weight is 330 g/mol. The molecule has 23 heavy (non-hydrogen) atoms. The van der Waals surface area contributed by atoms with Gasteiger partial charge in [0.2, 0.25) is 0 Å². The number of fused-ring (bicyclic) bond motifs is 1. The Morgan fingerprint density at radius 2 is 2.00 bits per heavy atom. The van der Waals surface area contributed by atoms with Crippen LogP contribution >= 0.6 is 11.6 Å². The molecular weight excluding hydrogens is 314 g/mol. The van der Waals surface area contributed by atoms with Gasteiger partial charge in [-0.25, -0.2) is 9.36 Å². The third-order valence-electron chi connectivity index (χ3n) is 3.82. The Kier molecular flexibility index (Phi) is 4.01. The lowest BCUT2D eigenvalue weighted by molar-refractivity contribution is 0.197. The molecule has 0 saturated carbocycles. The number of carboxylic acid groups (broad SMARTS) is 1. The van der Waals surface area contributed by atoms with Gasteiger partial charge in [0.15, 0.2) is 0 Å². The maximum absolute atomic E-state index is 11.6. The fourth-order valence-electron chi connectivity index (χ4n) is 2.91. The van der Waals surface area contributed by atoms with Gasteiger partial charge in [0, 0.05) is 16.6 Å². The third kappa shape index (κ3) is 2.55. The quantitative estimate of drug-likeness (QED) is 0.719. The molecule has 1 N–H and O–H groups in total. The number of nitrogens with zero attached hydrogens (tertiary/aromatic N) is 1. The standard InChI is InChI=1S/C18H16ClNO3/c1-3-23-16-9-8-12(10-14(16)19)17-11(2)20(18(21)22)15-7-5-4-6-13(15)17/h4-10H,3H2,1-2H3,(H,21,22). The Labute approximate surface area is 138 Å². The zero-order chi connectivity index (χ0) is 16.6. The number of hydrogen-bond donors (Lipinski definition) is 1. The number of aromatic nitrogens is 1.